The molecule has 0 aromatic carbocycles. The average Bonchev–Trinajstić information content (AvgIpc) is 2.03. The highest BCUT2D eigenvalue weighted by atomic mass is 14.9. The molecule has 0 aromatic heterocycles. The van der Waals surface area contributed by atoms with E-state index in [1.807, 2.05) is 0 Å². The molecule has 0 saturated carbocycles. The second kappa shape index (κ2) is 4.73. The van der Waals surface area contributed by atoms with Crippen LogP contribution in [0.3, 0.4) is 0 Å². The van der Waals surface area contributed by atoms with Crippen LogP contribution < -0.4 is 5.32 Å². The van der Waals surface area contributed by atoms with Crippen LogP contribution in [0.2, 0.25) is 0 Å². The minimum atomic E-state index is 0. The van der Waals surface area contributed by atoms with Crippen LogP contribution in [0.4, 0.5) is 0 Å². The monoisotopic (exact) mass is 143 g/mol. The van der Waals surface area contributed by atoms with E-state index in [2.05, 4.69) is 12.2 Å². The van der Waals surface area contributed by atoms with Crippen molar-refractivity contribution in [2.24, 2.45) is 5.92 Å². The summed E-state index contributed by atoms with van der Waals surface area (Å²) in [6.07, 6.45) is 7.10. The summed E-state index contributed by atoms with van der Waals surface area (Å²) in [6.45, 7) is 4.80. The molecule has 0 spiro atoms. The Morgan fingerprint density at radius 2 is 2.10 bits per heavy atom. The molecule has 1 N–H and O–H groups in total. The maximum Gasteiger partial charge on any atom is 0 e. The molecule has 1 aliphatic rings. The lowest BCUT2D eigenvalue weighted by Crippen LogP contribution is -2.27. The number of hydrogen-bond acceptors (Lipinski definition) is 1. The van der Waals surface area contributed by atoms with Crippen molar-refractivity contribution in [1.29, 1.82) is 0 Å². The quantitative estimate of drug-likeness (QED) is 0.640. The molecule has 0 radical (unpaired) electrons. The number of unbranched alkanes of at least 4 members (excludes halogenated alkanes) is 1. The zero-order valence-electron chi connectivity index (χ0n) is 7.03. The molecule has 10 heavy (non-hydrogen) atoms. The zero-order valence-corrected chi connectivity index (χ0v) is 7.03. The first kappa shape index (κ1) is 8.06. The van der Waals surface area contributed by atoms with Gasteiger partial charge in [0.05, 0.1) is 0 Å². The van der Waals surface area contributed by atoms with Crippen LogP contribution in [0.15, 0.2) is 0 Å². The summed E-state index contributed by atoms with van der Waals surface area (Å²) in [4.78, 5) is 0. The van der Waals surface area contributed by atoms with Crippen molar-refractivity contribution >= 4 is 0 Å². The highest BCUT2D eigenvalue weighted by Gasteiger charge is 2.11. The van der Waals surface area contributed by atoms with Crippen molar-refractivity contribution in [3.63, 3.8) is 0 Å². The Labute approximate surface area is 65.7 Å². The van der Waals surface area contributed by atoms with E-state index in [1.165, 1.54) is 45.2 Å². The number of hydrogen-bond donors (Lipinski definition) is 1. The van der Waals surface area contributed by atoms with Gasteiger partial charge in [-0.1, -0.05) is 26.2 Å². The molecule has 1 nitrogen and oxygen atoms in total. The summed E-state index contributed by atoms with van der Waals surface area (Å²) in [7, 11) is 0. The molecule has 1 rings (SSSR count). The zero-order chi connectivity index (χ0) is 7.23. The molecule has 0 aromatic rings. The Morgan fingerprint density at radius 1 is 1.40 bits per heavy atom. The third-order valence-electron chi connectivity index (χ3n) is 2.42. The Hall–Kier alpha value is -0.0400. The first-order valence-electron chi connectivity index (χ1n) is 4.64. The van der Waals surface area contributed by atoms with Crippen LogP contribution in [-0.4, -0.2) is 13.1 Å². The standard InChI is InChI=1S/C9H19N.H2/c1-2-3-4-9-5-7-10-8-6-9;/h9-10H,2-8H2,1H3;1H. The fraction of sp³-hybridized carbons (Fsp3) is 1.00. The molecule has 62 valence electrons. The third-order valence-corrected chi connectivity index (χ3v) is 2.42. The van der Waals surface area contributed by atoms with Gasteiger partial charge in [0.15, 0.2) is 0 Å². The number of piperidine rings is 1. The molecule has 0 unspecified atom stereocenters. The lowest BCUT2D eigenvalue weighted by Gasteiger charge is -2.21. The lowest BCUT2D eigenvalue weighted by molar-refractivity contribution is 0.346. The Bertz CT molecular complexity index is 79.6. The molecule has 1 saturated heterocycles. The molecule has 1 heterocycles. The van der Waals surface area contributed by atoms with Crippen LogP contribution in [-0.2, 0) is 0 Å². The lowest BCUT2D eigenvalue weighted by atomic mass is 9.93. The summed E-state index contributed by atoms with van der Waals surface area (Å²) in [6, 6.07) is 0. The van der Waals surface area contributed by atoms with Crippen molar-refractivity contribution in [3.8, 4) is 0 Å². The summed E-state index contributed by atoms with van der Waals surface area (Å²) in [5.74, 6) is 1.04. The summed E-state index contributed by atoms with van der Waals surface area (Å²) in [5.41, 5.74) is 0. The molecule has 0 amide bonds. The largest absolute Gasteiger partial charge is 0.317 e. The first-order chi connectivity index (χ1) is 4.93. The second-order valence-electron chi connectivity index (χ2n) is 3.34. The molecule has 1 fully saturated rings. The first-order valence-corrected chi connectivity index (χ1v) is 4.64. The minimum Gasteiger partial charge on any atom is -0.317 e. The van der Waals surface area contributed by atoms with Crippen LogP contribution in [0.5, 0.6) is 0 Å². The maximum atomic E-state index is 3.39. The molecular formula is C9H21N. The van der Waals surface area contributed by atoms with Gasteiger partial charge in [-0.2, -0.15) is 0 Å². The second-order valence-corrected chi connectivity index (χ2v) is 3.34. The van der Waals surface area contributed by atoms with E-state index < -0.39 is 0 Å². The van der Waals surface area contributed by atoms with Gasteiger partial charge in [0.1, 0.15) is 0 Å². The SMILES string of the molecule is CCCCC1CCNCC1.[HH]. The van der Waals surface area contributed by atoms with Crippen LogP contribution in [0.25, 0.3) is 0 Å². The van der Waals surface area contributed by atoms with Gasteiger partial charge in [0.25, 0.3) is 0 Å². The summed E-state index contributed by atoms with van der Waals surface area (Å²) < 4.78 is 0. The van der Waals surface area contributed by atoms with Crippen molar-refractivity contribution in [2.75, 3.05) is 13.1 Å². The van der Waals surface area contributed by atoms with E-state index in [0.717, 1.165) is 5.92 Å². The van der Waals surface area contributed by atoms with Crippen molar-refractivity contribution < 1.29 is 1.43 Å². The van der Waals surface area contributed by atoms with Gasteiger partial charge in [-0.25, -0.2) is 0 Å². The predicted molar refractivity (Wildman–Crippen MR) is 47.2 cm³/mol. The highest BCUT2D eigenvalue weighted by Crippen LogP contribution is 2.17. The Kier molecular flexibility index (Phi) is 3.81. The molecule has 0 aliphatic carbocycles. The minimum absolute atomic E-state index is 0. The van der Waals surface area contributed by atoms with Gasteiger partial charge in [0.2, 0.25) is 0 Å². The normalized spacial score (nSPS) is 21.3. The van der Waals surface area contributed by atoms with E-state index in [9.17, 15) is 0 Å². The number of nitrogens with one attached hydrogen (secondary N) is 1. The van der Waals surface area contributed by atoms with Gasteiger partial charge in [0, 0.05) is 1.43 Å². The smallest absolute Gasteiger partial charge is 0 e. The van der Waals surface area contributed by atoms with Gasteiger partial charge in [-0.3, -0.25) is 0 Å². The van der Waals surface area contributed by atoms with Crippen molar-refractivity contribution in [1.82, 2.24) is 5.32 Å². The van der Waals surface area contributed by atoms with Gasteiger partial charge < -0.3 is 5.32 Å². The van der Waals surface area contributed by atoms with E-state index in [0.29, 0.717) is 0 Å². The summed E-state index contributed by atoms with van der Waals surface area (Å²) >= 11 is 0. The van der Waals surface area contributed by atoms with Crippen molar-refractivity contribution in [3.05, 3.63) is 0 Å². The molecule has 0 bridgehead atoms. The van der Waals surface area contributed by atoms with Gasteiger partial charge in [-0.15, -0.1) is 0 Å². The fourth-order valence-corrected chi connectivity index (χ4v) is 1.66. The van der Waals surface area contributed by atoms with Crippen LogP contribution in [0, 0.1) is 5.92 Å². The van der Waals surface area contributed by atoms with E-state index >= 15 is 0 Å². The Balaban J connectivity index is 0.000001000. The van der Waals surface area contributed by atoms with Crippen molar-refractivity contribution in [2.45, 2.75) is 39.0 Å². The Morgan fingerprint density at radius 3 is 2.70 bits per heavy atom. The third kappa shape index (κ3) is 2.70. The predicted octanol–water partition coefficient (Wildman–Crippen LogP) is 2.42. The fourth-order valence-electron chi connectivity index (χ4n) is 1.66. The van der Waals surface area contributed by atoms with Gasteiger partial charge in [-0.05, 0) is 31.8 Å². The van der Waals surface area contributed by atoms with E-state index in [4.69, 9.17) is 0 Å². The number of rotatable bonds is 3. The molecular weight excluding hydrogens is 122 g/mol. The summed E-state index contributed by atoms with van der Waals surface area (Å²) in [5, 5.41) is 3.39. The highest BCUT2D eigenvalue weighted by molar-refractivity contribution is 4.67. The topological polar surface area (TPSA) is 12.0 Å². The van der Waals surface area contributed by atoms with E-state index in [1.54, 1.807) is 0 Å². The van der Waals surface area contributed by atoms with E-state index in [-0.39, 0.29) is 1.43 Å². The van der Waals surface area contributed by atoms with Crippen LogP contribution >= 0.6 is 0 Å². The molecule has 1 heteroatoms. The van der Waals surface area contributed by atoms with Gasteiger partial charge >= 0.3 is 0 Å². The maximum absolute atomic E-state index is 3.39. The molecule has 0 atom stereocenters. The molecule has 1 aliphatic heterocycles. The average molecular weight is 143 g/mol. The van der Waals surface area contributed by atoms with Crippen LogP contribution in [0.1, 0.15) is 40.5 Å².